The maximum absolute atomic E-state index is 13.6. The van der Waals surface area contributed by atoms with Gasteiger partial charge in [-0.1, -0.05) is 32.1 Å². The lowest BCUT2D eigenvalue weighted by atomic mass is 9.79. The molecular weight excluding hydrogens is 544 g/mol. The van der Waals surface area contributed by atoms with Crippen LogP contribution in [-0.4, -0.2) is 101 Å². The Hall–Kier alpha value is -4.50. The Labute approximate surface area is 242 Å². The molecule has 3 fully saturated rings. The monoisotopic (exact) mass is 580 g/mol. The summed E-state index contributed by atoms with van der Waals surface area (Å²) in [6, 6.07) is 2.30. The highest BCUT2D eigenvalue weighted by Crippen LogP contribution is 2.44. The summed E-state index contributed by atoms with van der Waals surface area (Å²) in [5, 5.41) is 54.4. The molecule has 4 heterocycles. The molecule has 0 aromatic heterocycles. The van der Waals surface area contributed by atoms with E-state index in [4.69, 9.17) is 15.6 Å². The average Bonchev–Trinajstić information content (AvgIpc) is 3.41. The third-order valence-electron chi connectivity index (χ3n) is 8.35. The van der Waals surface area contributed by atoms with Crippen LogP contribution in [0.2, 0.25) is 0 Å². The van der Waals surface area contributed by atoms with Crippen molar-refractivity contribution in [3.63, 3.8) is 0 Å². The van der Waals surface area contributed by atoms with E-state index >= 15 is 0 Å². The molecule has 0 aliphatic carbocycles. The van der Waals surface area contributed by atoms with E-state index in [-0.39, 0.29) is 41.8 Å². The number of hydrogen-bond acceptors (Lipinski definition) is 8. The number of fused-ring (bicyclic) bond motifs is 1. The van der Waals surface area contributed by atoms with Crippen LogP contribution in [0.3, 0.4) is 0 Å². The highest BCUT2D eigenvalue weighted by Gasteiger charge is 2.74. The van der Waals surface area contributed by atoms with Crippen LogP contribution >= 0.6 is 0 Å². The molecule has 3 saturated heterocycles. The zero-order valence-electron chi connectivity index (χ0n) is 23.6. The van der Waals surface area contributed by atoms with Gasteiger partial charge in [-0.3, -0.25) is 20.4 Å². The van der Waals surface area contributed by atoms with Crippen molar-refractivity contribution in [2.45, 2.75) is 62.2 Å². The van der Waals surface area contributed by atoms with E-state index < -0.39 is 41.4 Å². The number of amides is 2. The number of guanidine groups is 2. The molecule has 4 aliphatic heterocycles. The number of hydrogen-bond donors (Lipinski definition) is 9. The second kappa shape index (κ2) is 10.4. The van der Waals surface area contributed by atoms with Gasteiger partial charge in [0.05, 0.1) is 24.3 Å². The second-order valence-electron chi connectivity index (χ2n) is 11.3. The third kappa shape index (κ3) is 4.44. The molecule has 0 saturated carbocycles. The number of nitrogens with zero attached hydrogens (tertiary/aromatic N) is 3. The lowest BCUT2D eigenvalue weighted by Crippen LogP contribution is -2.81. The predicted molar refractivity (Wildman–Crippen MR) is 155 cm³/mol. The van der Waals surface area contributed by atoms with E-state index in [2.05, 4.69) is 57.1 Å². The number of aliphatic hydroxyl groups is 2. The Morgan fingerprint density at radius 2 is 2.05 bits per heavy atom. The number of carbonyl (C=O) groups excluding carboxylic acids is 2. The molecule has 0 radical (unpaired) electrons. The zero-order chi connectivity index (χ0) is 30.4. The van der Waals surface area contributed by atoms with Crippen molar-refractivity contribution in [3.8, 4) is 5.75 Å². The molecule has 3 unspecified atom stereocenters. The van der Waals surface area contributed by atoms with Crippen molar-refractivity contribution in [3.05, 3.63) is 41.6 Å². The normalized spacial score (nSPS) is 28.8. The minimum Gasteiger partial charge on any atom is -0.492 e. The molecule has 0 bridgehead atoms. The van der Waals surface area contributed by atoms with Gasteiger partial charge in [-0.15, -0.1) is 0 Å². The molecule has 9 N–H and O–H groups in total. The first-order chi connectivity index (χ1) is 19.9. The molecule has 4 atom stereocenters. The summed E-state index contributed by atoms with van der Waals surface area (Å²) in [7, 11) is 0. The van der Waals surface area contributed by atoms with E-state index in [1.807, 2.05) is 6.07 Å². The van der Waals surface area contributed by atoms with Crippen LogP contribution in [0, 0.1) is 10.8 Å². The fourth-order valence-electron chi connectivity index (χ4n) is 6.13. The van der Waals surface area contributed by atoms with E-state index in [1.54, 1.807) is 25.1 Å². The Kier molecular flexibility index (Phi) is 7.18. The molecule has 1 aromatic rings. The lowest BCUT2D eigenvalue weighted by Gasteiger charge is -2.51. The van der Waals surface area contributed by atoms with Crippen molar-refractivity contribution in [2.24, 2.45) is 9.98 Å². The van der Waals surface area contributed by atoms with E-state index in [0.29, 0.717) is 12.4 Å². The molecule has 4 aliphatic rings. The maximum Gasteiger partial charge on any atom is 0.289 e. The van der Waals surface area contributed by atoms with Gasteiger partial charge in [-0.25, -0.2) is 9.98 Å². The number of nitrogens with one attached hydrogen (secondary N) is 7. The van der Waals surface area contributed by atoms with Gasteiger partial charge in [0.1, 0.15) is 11.8 Å². The van der Waals surface area contributed by atoms with Gasteiger partial charge in [0.2, 0.25) is 11.6 Å². The summed E-state index contributed by atoms with van der Waals surface area (Å²) in [6.07, 6.45) is 3.81. The highest BCUT2D eigenvalue weighted by atomic mass is 16.5. The first-order valence-corrected chi connectivity index (χ1v) is 13.6. The summed E-state index contributed by atoms with van der Waals surface area (Å²) < 4.78 is 5.88. The Bertz CT molecular complexity index is 1410. The predicted octanol–water partition coefficient (Wildman–Crippen LogP) is -1.31. The number of carbonyl (C=O) groups is 2. The first kappa shape index (κ1) is 29.0. The van der Waals surface area contributed by atoms with Crippen LogP contribution in [0.1, 0.15) is 43.1 Å². The fraction of sp³-hybridized carbons (Fsp3) is 0.481. The van der Waals surface area contributed by atoms with E-state index in [9.17, 15) is 19.8 Å². The SMILES string of the molecule is C=N/C(=N\C=C/C)C(=O)NC[C@@H]1NC(=N)N2CC(NC(=O)c3cccc4c3OCCC4(C)C)C(O)(O)C23NC(=N)NC13. The third-order valence-corrected chi connectivity index (χ3v) is 8.35. The van der Waals surface area contributed by atoms with Gasteiger partial charge in [0, 0.05) is 24.9 Å². The Morgan fingerprint density at radius 1 is 1.29 bits per heavy atom. The molecule has 15 heteroatoms. The fourth-order valence-corrected chi connectivity index (χ4v) is 6.13. The van der Waals surface area contributed by atoms with E-state index in [0.717, 1.165) is 12.0 Å². The average molecular weight is 581 g/mol. The van der Waals surface area contributed by atoms with Crippen molar-refractivity contribution in [1.29, 1.82) is 10.8 Å². The van der Waals surface area contributed by atoms with Gasteiger partial charge >= 0.3 is 0 Å². The Balaban J connectivity index is 1.40. The van der Waals surface area contributed by atoms with Crippen molar-refractivity contribution < 1.29 is 24.5 Å². The van der Waals surface area contributed by atoms with E-state index in [1.165, 1.54) is 11.1 Å². The largest absolute Gasteiger partial charge is 0.492 e. The molecule has 224 valence electrons. The molecule has 1 spiro atoms. The van der Waals surface area contributed by atoms with Crippen LogP contribution < -0.4 is 31.3 Å². The smallest absolute Gasteiger partial charge is 0.289 e. The molecule has 15 nitrogen and oxygen atoms in total. The van der Waals surface area contributed by atoms with Gasteiger partial charge in [0.15, 0.2) is 17.6 Å². The quantitative estimate of drug-likeness (QED) is 0.114. The number of amidine groups is 1. The highest BCUT2D eigenvalue weighted by molar-refractivity contribution is 6.39. The zero-order valence-corrected chi connectivity index (χ0v) is 23.6. The first-order valence-electron chi connectivity index (χ1n) is 13.6. The maximum atomic E-state index is 13.6. The number of rotatable bonds is 5. The summed E-state index contributed by atoms with van der Waals surface area (Å²) in [5.74, 6) is -3.98. The van der Waals surface area contributed by atoms with Crippen LogP contribution in [0.25, 0.3) is 0 Å². The van der Waals surface area contributed by atoms with Crippen LogP contribution in [-0.2, 0) is 10.2 Å². The second-order valence-corrected chi connectivity index (χ2v) is 11.3. The number of allylic oxidation sites excluding steroid dienone is 1. The van der Waals surface area contributed by atoms with Crippen molar-refractivity contribution in [2.75, 3.05) is 19.7 Å². The number of para-hydroxylation sites is 1. The Morgan fingerprint density at radius 3 is 2.76 bits per heavy atom. The van der Waals surface area contributed by atoms with Gasteiger partial charge in [-0.05, 0) is 31.5 Å². The molecule has 42 heavy (non-hydrogen) atoms. The summed E-state index contributed by atoms with van der Waals surface area (Å²) in [6.45, 7) is 9.43. The molecule has 1 aromatic carbocycles. The van der Waals surface area contributed by atoms with Crippen molar-refractivity contribution in [1.82, 2.24) is 31.5 Å². The summed E-state index contributed by atoms with van der Waals surface area (Å²) >= 11 is 0. The number of benzene rings is 1. The summed E-state index contributed by atoms with van der Waals surface area (Å²) in [5.41, 5.74) is -0.874. The van der Waals surface area contributed by atoms with Crippen LogP contribution in [0.15, 0.2) is 40.5 Å². The topological polar surface area (TPSA) is 220 Å². The lowest BCUT2D eigenvalue weighted by molar-refractivity contribution is -0.232. The summed E-state index contributed by atoms with van der Waals surface area (Å²) in [4.78, 5) is 35.1. The number of aliphatic imine (C=N–C) groups is 2. The van der Waals surface area contributed by atoms with Crippen molar-refractivity contribution >= 4 is 36.3 Å². The number of ether oxygens (including phenoxy) is 1. The van der Waals surface area contributed by atoms with Gasteiger partial charge < -0.3 is 46.4 Å². The minimum atomic E-state index is -2.67. The van der Waals surface area contributed by atoms with Gasteiger partial charge in [-0.2, -0.15) is 0 Å². The molecule has 2 amide bonds. The molecule has 5 rings (SSSR count). The molecular formula is C27H36N10O5. The van der Waals surface area contributed by atoms with Gasteiger partial charge in [0.25, 0.3) is 11.8 Å². The van der Waals surface area contributed by atoms with Crippen LogP contribution in [0.4, 0.5) is 0 Å². The standard InChI is InChI=1S/C27H36N10O5/c1-5-10-31-20(30-4)22(39)32-12-16-19-26(36-23(28)35-19)27(40,41)17(13-37(26)24(29)33-16)34-21(38)14-7-6-8-15-18(14)42-11-9-25(15,2)3/h5-8,10,16-17,19,40-41H,4,9,11-13H2,1-3H3,(H2,29,33)(H,32,39)(H,34,38)(H3,28,35,36)/b10-5-,31-20-/t16-,17?,19?,26?/m0/s1. The minimum absolute atomic E-state index is 0.0931. The van der Waals surface area contributed by atoms with Crippen LogP contribution in [0.5, 0.6) is 5.75 Å².